The maximum atomic E-state index is 13.2. The first-order valence-corrected chi connectivity index (χ1v) is 10.8. The van der Waals surface area contributed by atoms with Gasteiger partial charge in [0.1, 0.15) is 11.6 Å². The molecule has 0 spiro atoms. The summed E-state index contributed by atoms with van der Waals surface area (Å²) in [5.74, 6) is 0.421. The summed E-state index contributed by atoms with van der Waals surface area (Å²) < 4.78 is 39.7. The summed E-state index contributed by atoms with van der Waals surface area (Å²) >= 11 is 5.64. The molecule has 0 fully saturated rings. The lowest BCUT2D eigenvalue weighted by atomic mass is 10.1. The van der Waals surface area contributed by atoms with Crippen LogP contribution >= 0.6 is 11.6 Å². The first-order chi connectivity index (χ1) is 18.0. The van der Waals surface area contributed by atoms with E-state index in [1.165, 1.54) is 30.5 Å². The van der Waals surface area contributed by atoms with E-state index in [0.717, 1.165) is 6.07 Å². The topological polar surface area (TPSA) is 176 Å². The normalized spacial score (nSPS) is 11.1. The van der Waals surface area contributed by atoms with Crippen LogP contribution in [-0.4, -0.2) is 36.1 Å². The number of hydrogen-bond donors (Lipinski definition) is 5. The van der Waals surface area contributed by atoms with Crippen molar-refractivity contribution in [3.8, 4) is 0 Å². The van der Waals surface area contributed by atoms with Crippen LogP contribution in [0.25, 0.3) is 0 Å². The van der Waals surface area contributed by atoms with Gasteiger partial charge in [-0.15, -0.1) is 5.10 Å². The third-order valence-electron chi connectivity index (χ3n) is 4.67. The van der Waals surface area contributed by atoms with E-state index in [1.54, 1.807) is 13.0 Å². The molecule has 4 aromatic rings. The minimum Gasteiger partial charge on any atom is -0.358 e. The van der Waals surface area contributed by atoms with Gasteiger partial charge >= 0.3 is 18.0 Å². The molecule has 196 valence electrons. The number of halogens is 4. The molecule has 1 aromatic carbocycles. The predicted octanol–water partition coefficient (Wildman–Crippen LogP) is 5.61. The number of rotatable bonds is 7. The Kier molecular flexibility index (Phi) is 7.24. The van der Waals surface area contributed by atoms with E-state index in [0.29, 0.717) is 23.3 Å². The van der Waals surface area contributed by atoms with Gasteiger partial charge in [-0.25, -0.2) is 14.8 Å². The second kappa shape index (κ2) is 10.6. The highest BCUT2D eigenvalue weighted by Gasteiger charge is 2.34. The van der Waals surface area contributed by atoms with E-state index in [4.69, 9.17) is 11.6 Å². The molecule has 0 saturated carbocycles. The molecule has 13 nitrogen and oxygen atoms in total. The number of anilines is 6. The maximum Gasteiger partial charge on any atom is 0.418 e. The number of aromatic nitrogens is 5. The molecule has 0 saturated heterocycles. The lowest BCUT2D eigenvalue weighted by Crippen LogP contribution is -2.22. The Morgan fingerprint density at radius 1 is 1.03 bits per heavy atom. The molecular formula is C21H16ClF3N10O3. The van der Waals surface area contributed by atoms with Crippen molar-refractivity contribution in [1.29, 1.82) is 0 Å². The summed E-state index contributed by atoms with van der Waals surface area (Å²) in [5.41, 5.74) is -0.563. The quantitative estimate of drug-likeness (QED) is 0.145. The molecule has 5 N–H and O–H groups in total. The van der Waals surface area contributed by atoms with Gasteiger partial charge in [-0.3, -0.25) is 5.32 Å². The molecule has 0 unspecified atom stereocenters. The standard InChI is InChI=1S/C21H16ClF3N10O3/c1-10-6-16(30-17-8-18(34-33-17)35(37)38)31-19(27-10)28-12-3-5-15(26-9-12)32-20(36)29-14-4-2-11(22)7-13(14)21(23,24)25/h2-9H,1H3,(H2,26,29,32,36)(H3,27,28,30,31,33,34). The van der Waals surface area contributed by atoms with Gasteiger partial charge in [0, 0.05) is 16.8 Å². The van der Waals surface area contributed by atoms with Crippen molar-refractivity contribution in [2.75, 3.05) is 21.3 Å². The number of aromatic amines is 1. The van der Waals surface area contributed by atoms with Crippen molar-refractivity contribution in [2.45, 2.75) is 13.1 Å². The zero-order valence-electron chi connectivity index (χ0n) is 19.1. The minimum atomic E-state index is -4.72. The number of benzene rings is 1. The minimum absolute atomic E-state index is 0.0585. The molecule has 4 rings (SSSR count). The van der Waals surface area contributed by atoms with Crippen LogP contribution in [-0.2, 0) is 6.18 Å². The van der Waals surface area contributed by atoms with Crippen molar-refractivity contribution in [3.05, 3.63) is 75.1 Å². The fourth-order valence-corrected chi connectivity index (χ4v) is 3.26. The van der Waals surface area contributed by atoms with E-state index >= 15 is 0 Å². The maximum absolute atomic E-state index is 13.2. The van der Waals surface area contributed by atoms with E-state index in [-0.39, 0.29) is 28.4 Å². The first-order valence-electron chi connectivity index (χ1n) is 10.5. The highest BCUT2D eigenvalue weighted by Crippen LogP contribution is 2.36. The van der Waals surface area contributed by atoms with Crippen LogP contribution < -0.4 is 21.3 Å². The molecular weight excluding hydrogens is 533 g/mol. The van der Waals surface area contributed by atoms with Crippen LogP contribution in [0.2, 0.25) is 5.02 Å². The van der Waals surface area contributed by atoms with Crippen LogP contribution in [0.15, 0.2) is 48.7 Å². The molecule has 3 heterocycles. The van der Waals surface area contributed by atoms with Crippen LogP contribution in [0.5, 0.6) is 0 Å². The Morgan fingerprint density at radius 3 is 2.47 bits per heavy atom. The molecule has 2 amide bonds. The monoisotopic (exact) mass is 548 g/mol. The molecule has 0 aliphatic heterocycles. The highest BCUT2D eigenvalue weighted by molar-refractivity contribution is 6.30. The van der Waals surface area contributed by atoms with Gasteiger partial charge < -0.3 is 26.1 Å². The number of nitrogens with zero attached hydrogens (tertiary/aromatic N) is 5. The Bertz CT molecular complexity index is 1490. The van der Waals surface area contributed by atoms with Crippen LogP contribution in [0.4, 0.5) is 58.6 Å². The third-order valence-corrected chi connectivity index (χ3v) is 4.90. The van der Waals surface area contributed by atoms with E-state index < -0.39 is 28.4 Å². The lowest BCUT2D eigenvalue weighted by molar-refractivity contribution is -0.389. The van der Waals surface area contributed by atoms with Crippen molar-refractivity contribution in [2.24, 2.45) is 0 Å². The number of urea groups is 1. The summed E-state index contributed by atoms with van der Waals surface area (Å²) in [6, 6.07) is 7.77. The number of carbonyl (C=O) groups is 1. The van der Waals surface area contributed by atoms with Crippen molar-refractivity contribution in [3.63, 3.8) is 0 Å². The van der Waals surface area contributed by atoms with Crippen molar-refractivity contribution >= 4 is 58.2 Å². The number of aryl methyl sites for hydroxylation is 1. The average molecular weight is 549 g/mol. The van der Waals surface area contributed by atoms with Gasteiger partial charge in [0.2, 0.25) is 5.95 Å². The SMILES string of the molecule is Cc1cc(Nc2cc([N+](=O)[O-])[nH]n2)nc(Nc2ccc(NC(=O)Nc3ccc(Cl)cc3C(F)(F)F)nc2)n1. The fourth-order valence-electron chi connectivity index (χ4n) is 3.09. The molecule has 3 aromatic heterocycles. The molecule has 0 bridgehead atoms. The summed E-state index contributed by atoms with van der Waals surface area (Å²) in [5, 5.41) is 26.9. The summed E-state index contributed by atoms with van der Waals surface area (Å²) in [6.07, 6.45) is -3.38. The zero-order chi connectivity index (χ0) is 27.4. The number of amides is 2. The fraction of sp³-hybridized carbons (Fsp3) is 0.0952. The van der Waals surface area contributed by atoms with Crippen LogP contribution in [0, 0.1) is 17.0 Å². The predicted molar refractivity (Wildman–Crippen MR) is 132 cm³/mol. The lowest BCUT2D eigenvalue weighted by Gasteiger charge is -2.14. The van der Waals surface area contributed by atoms with Crippen molar-refractivity contribution < 1.29 is 22.9 Å². The first kappa shape index (κ1) is 26.1. The molecule has 0 aliphatic rings. The summed E-state index contributed by atoms with van der Waals surface area (Å²) in [4.78, 5) is 35.0. The number of alkyl halides is 3. The number of H-pyrrole nitrogens is 1. The third kappa shape index (κ3) is 6.61. The second-order valence-corrected chi connectivity index (χ2v) is 8.00. The van der Waals surface area contributed by atoms with Crippen LogP contribution in [0.1, 0.15) is 11.3 Å². The highest BCUT2D eigenvalue weighted by atomic mass is 35.5. The van der Waals surface area contributed by atoms with E-state index in [2.05, 4.69) is 46.4 Å². The van der Waals surface area contributed by atoms with Gasteiger partial charge in [-0.1, -0.05) is 16.7 Å². The number of hydrogen-bond acceptors (Lipinski definition) is 9. The molecule has 0 radical (unpaired) electrons. The molecule has 0 atom stereocenters. The number of carbonyl (C=O) groups excluding carboxylic acids is 1. The number of nitro groups is 1. The molecule has 0 aliphatic carbocycles. The summed E-state index contributed by atoms with van der Waals surface area (Å²) in [6.45, 7) is 1.71. The van der Waals surface area contributed by atoms with Gasteiger partial charge in [-0.05, 0) is 42.2 Å². The number of pyridine rings is 1. The van der Waals surface area contributed by atoms with Gasteiger partial charge in [0.25, 0.3) is 0 Å². The number of nitrogens with one attached hydrogen (secondary N) is 5. The van der Waals surface area contributed by atoms with Crippen LogP contribution in [0.3, 0.4) is 0 Å². The summed E-state index contributed by atoms with van der Waals surface area (Å²) in [7, 11) is 0. The molecule has 38 heavy (non-hydrogen) atoms. The van der Waals surface area contributed by atoms with E-state index in [9.17, 15) is 28.1 Å². The zero-order valence-corrected chi connectivity index (χ0v) is 19.8. The van der Waals surface area contributed by atoms with Crippen molar-refractivity contribution in [1.82, 2.24) is 25.1 Å². The largest absolute Gasteiger partial charge is 0.418 e. The Morgan fingerprint density at radius 2 is 1.82 bits per heavy atom. The Labute approximate surface area is 216 Å². The molecule has 17 heteroatoms. The van der Waals surface area contributed by atoms with Gasteiger partial charge in [-0.2, -0.15) is 18.2 Å². The van der Waals surface area contributed by atoms with Gasteiger partial charge in [0.05, 0.1) is 29.2 Å². The van der Waals surface area contributed by atoms with E-state index in [1.807, 2.05) is 0 Å². The van der Waals surface area contributed by atoms with Gasteiger partial charge in [0.15, 0.2) is 5.82 Å². The second-order valence-electron chi connectivity index (χ2n) is 7.56. The smallest absolute Gasteiger partial charge is 0.358 e. The average Bonchev–Trinajstić information content (AvgIpc) is 3.29. The Balaban J connectivity index is 1.40. The Hall–Kier alpha value is -4.99.